The van der Waals surface area contributed by atoms with Crippen LogP contribution in [-0.4, -0.2) is 53.6 Å². The predicted molar refractivity (Wildman–Crippen MR) is 122 cm³/mol. The summed E-state index contributed by atoms with van der Waals surface area (Å²) in [5.41, 5.74) is -2.79. The summed E-state index contributed by atoms with van der Waals surface area (Å²) >= 11 is 0. The highest BCUT2D eigenvalue weighted by Crippen LogP contribution is 2.77. The van der Waals surface area contributed by atoms with Crippen LogP contribution in [0.25, 0.3) is 0 Å². The van der Waals surface area contributed by atoms with Gasteiger partial charge in [0, 0.05) is 30.6 Å². The van der Waals surface area contributed by atoms with Crippen LogP contribution >= 0.6 is 0 Å². The van der Waals surface area contributed by atoms with E-state index in [0.29, 0.717) is 44.1 Å². The van der Waals surface area contributed by atoms with Crippen LogP contribution in [0.2, 0.25) is 0 Å². The molecule has 1 aliphatic heterocycles. The van der Waals surface area contributed by atoms with E-state index in [1.165, 1.54) is 13.0 Å². The quantitative estimate of drug-likeness (QED) is 0.412. The number of alkyl halides is 1. The molecule has 35 heavy (non-hydrogen) atoms. The molecule has 1 heterocycles. The van der Waals surface area contributed by atoms with E-state index in [9.17, 15) is 19.2 Å². The number of ether oxygens (including phenoxy) is 3. The Balaban J connectivity index is 1.54. The molecular formula is C27H35FO7. The Morgan fingerprint density at radius 2 is 1.94 bits per heavy atom. The summed E-state index contributed by atoms with van der Waals surface area (Å²) in [5, 5.41) is 0. The lowest BCUT2D eigenvalue weighted by Crippen LogP contribution is -2.64. The molecule has 1 spiro atoms. The van der Waals surface area contributed by atoms with E-state index in [-0.39, 0.29) is 36.6 Å². The summed E-state index contributed by atoms with van der Waals surface area (Å²) in [6.07, 6.45) is 3.35. The van der Waals surface area contributed by atoms with Crippen LogP contribution in [-0.2, 0) is 33.4 Å². The van der Waals surface area contributed by atoms with E-state index >= 15 is 4.39 Å². The number of halogens is 1. The Hall–Kier alpha value is -2.09. The van der Waals surface area contributed by atoms with E-state index < -0.39 is 52.5 Å². The van der Waals surface area contributed by atoms with Crippen molar-refractivity contribution in [2.24, 2.45) is 22.7 Å². The van der Waals surface area contributed by atoms with E-state index in [4.69, 9.17) is 14.2 Å². The lowest BCUT2D eigenvalue weighted by Gasteiger charge is -2.57. The molecule has 0 aromatic heterocycles. The topological polar surface area (TPSA) is 99.3 Å². The first-order valence-corrected chi connectivity index (χ1v) is 12.9. The molecule has 0 bridgehead atoms. The van der Waals surface area contributed by atoms with Crippen LogP contribution in [0.15, 0.2) is 11.6 Å². The van der Waals surface area contributed by atoms with Gasteiger partial charge in [0.1, 0.15) is 11.8 Å². The molecule has 4 aliphatic carbocycles. The molecule has 5 rings (SSSR count). The Morgan fingerprint density at radius 3 is 2.63 bits per heavy atom. The van der Waals surface area contributed by atoms with Gasteiger partial charge in [0.05, 0.1) is 6.10 Å². The molecular weight excluding hydrogens is 455 g/mol. The summed E-state index contributed by atoms with van der Waals surface area (Å²) in [5.74, 6) is -1.75. The highest BCUT2D eigenvalue weighted by atomic mass is 19.1. The molecule has 0 aromatic carbocycles. The fourth-order valence-corrected chi connectivity index (χ4v) is 8.41. The monoisotopic (exact) mass is 490 g/mol. The van der Waals surface area contributed by atoms with E-state index in [2.05, 4.69) is 0 Å². The van der Waals surface area contributed by atoms with Crippen molar-refractivity contribution in [3.05, 3.63) is 11.6 Å². The molecule has 0 N–H and O–H groups in total. The van der Waals surface area contributed by atoms with Crippen molar-refractivity contribution >= 4 is 23.5 Å². The maximum absolute atomic E-state index is 15.7. The average Bonchev–Trinajstić information content (AvgIpc) is 3.44. The number of ketones is 2. The minimum atomic E-state index is -1.44. The van der Waals surface area contributed by atoms with Gasteiger partial charge in [-0.25, -0.2) is 4.39 Å². The van der Waals surface area contributed by atoms with Crippen LogP contribution in [0.3, 0.4) is 0 Å². The van der Waals surface area contributed by atoms with Crippen LogP contribution in [0.1, 0.15) is 79.1 Å². The van der Waals surface area contributed by atoms with Gasteiger partial charge in [-0.15, -0.1) is 0 Å². The number of carbonyl (C=O) groups excluding carboxylic acids is 4. The highest BCUT2D eigenvalue weighted by molar-refractivity contribution is 5.93. The number of epoxide rings is 1. The van der Waals surface area contributed by atoms with Gasteiger partial charge < -0.3 is 14.2 Å². The van der Waals surface area contributed by atoms with Gasteiger partial charge in [-0.05, 0) is 62.0 Å². The molecule has 8 heteroatoms. The largest absolute Gasteiger partial charge is 0.458 e. The molecule has 8 atom stereocenters. The summed E-state index contributed by atoms with van der Waals surface area (Å²) in [6, 6.07) is 0. The zero-order valence-corrected chi connectivity index (χ0v) is 21.0. The molecule has 3 unspecified atom stereocenters. The number of esters is 2. The number of carbonyl (C=O) groups is 4. The maximum atomic E-state index is 15.7. The van der Waals surface area contributed by atoms with Crippen molar-refractivity contribution in [3.8, 4) is 0 Å². The minimum absolute atomic E-state index is 0.0355. The van der Waals surface area contributed by atoms with E-state index in [1.807, 2.05) is 20.8 Å². The van der Waals surface area contributed by atoms with Gasteiger partial charge >= 0.3 is 11.9 Å². The number of fused-ring (bicyclic) bond motifs is 3. The maximum Gasteiger partial charge on any atom is 0.306 e. The van der Waals surface area contributed by atoms with Crippen LogP contribution < -0.4 is 0 Å². The van der Waals surface area contributed by atoms with Crippen molar-refractivity contribution in [2.75, 3.05) is 6.61 Å². The molecule has 192 valence electrons. The zero-order valence-electron chi connectivity index (χ0n) is 21.0. The van der Waals surface area contributed by atoms with Crippen LogP contribution in [0.5, 0.6) is 0 Å². The minimum Gasteiger partial charge on any atom is -0.458 e. The van der Waals surface area contributed by atoms with Crippen molar-refractivity contribution in [3.63, 3.8) is 0 Å². The smallest absolute Gasteiger partial charge is 0.306 e. The van der Waals surface area contributed by atoms with Crippen molar-refractivity contribution in [2.45, 2.75) is 103 Å². The first-order chi connectivity index (χ1) is 16.4. The predicted octanol–water partition coefficient (Wildman–Crippen LogP) is 3.81. The second-order valence-corrected chi connectivity index (χ2v) is 11.6. The fourth-order valence-electron chi connectivity index (χ4n) is 8.41. The van der Waals surface area contributed by atoms with Gasteiger partial charge in [-0.2, -0.15) is 0 Å². The molecule has 0 amide bonds. The summed E-state index contributed by atoms with van der Waals surface area (Å²) in [4.78, 5) is 50.0. The molecule has 4 fully saturated rings. The summed E-state index contributed by atoms with van der Waals surface area (Å²) in [7, 11) is 0. The molecule has 7 nitrogen and oxygen atoms in total. The first kappa shape index (κ1) is 24.6. The highest BCUT2D eigenvalue weighted by Gasteiger charge is 2.83. The van der Waals surface area contributed by atoms with E-state index in [1.54, 1.807) is 0 Å². The Labute approximate surface area is 205 Å². The Kier molecular flexibility index (Phi) is 5.59. The van der Waals surface area contributed by atoms with Gasteiger partial charge in [0.2, 0.25) is 5.78 Å². The number of rotatable bonds is 6. The summed E-state index contributed by atoms with van der Waals surface area (Å²) < 4.78 is 33.3. The average molecular weight is 491 g/mol. The number of hydrogen-bond acceptors (Lipinski definition) is 7. The molecule has 5 aliphatic rings. The first-order valence-electron chi connectivity index (χ1n) is 12.9. The van der Waals surface area contributed by atoms with Crippen LogP contribution in [0, 0.1) is 22.7 Å². The third-order valence-corrected chi connectivity index (χ3v) is 10.0. The third kappa shape index (κ3) is 3.17. The second-order valence-electron chi connectivity index (χ2n) is 11.6. The van der Waals surface area contributed by atoms with Crippen molar-refractivity contribution in [1.29, 1.82) is 0 Å². The van der Waals surface area contributed by atoms with Crippen LogP contribution in [0.4, 0.5) is 4.39 Å². The second kappa shape index (κ2) is 7.95. The van der Waals surface area contributed by atoms with Gasteiger partial charge in [-0.3, -0.25) is 19.2 Å². The van der Waals surface area contributed by atoms with Crippen molar-refractivity contribution in [1.82, 2.24) is 0 Å². The van der Waals surface area contributed by atoms with Gasteiger partial charge in [-0.1, -0.05) is 20.8 Å². The summed E-state index contributed by atoms with van der Waals surface area (Å²) in [6.45, 7) is 6.63. The number of Topliss-reactive ketones (excluding diaryl/α,β-unsaturated/α-hetero) is 1. The van der Waals surface area contributed by atoms with Gasteiger partial charge in [0.25, 0.3) is 0 Å². The van der Waals surface area contributed by atoms with E-state index in [0.717, 1.165) is 0 Å². The molecule has 0 aromatic rings. The molecule has 0 radical (unpaired) electrons. The van der Waals surface area contributed by atoms with Gasteiger partial charge in [0.15, 0.2) is 18.0 Å². The Morgan fingerprint density at radius 1 is 1.20 bits per heavy atom. The zero-order chi connectivity index (χ0) is 25.4. The molecule has 1 saturated heterocycles. The lowest BCUT2D eigenvalue weighted by molar-refractivity contribution is -0.190. The SMILES string of the molecule is CCCC(=O)O[C@]1(C(=O)COC(C)=O)CC[C@H]2C3C[C@H](F)C4=CC(=O)CC[C@]4(C)C34OC4C[C@@]21C. The van der Waals surface area contributed by atoms with Crippen molar-refractivity contribution < 1.29 is 37.8 Å². The standard InChI is InChI=1S/C27H35FO7/c1-5-6-23(32)35-26(21(31)14-33-15(2)29)10-8-17-18-12-20(28)19-11-16(30)7-9-24(19,3)27(18)22(34-27)13-25(17,26)4/h11,17-18,20,22H,5-10,12-14H2,1-4H3/t17-,18?,20-,22?,24-,25-,26-,27?/m0/s1. The number of hydrogen-bond donors (Lipinski definition) is 0. The third-order valence-electron chi connectivity index (χ3n) is 10.0. The molecule has 3 saturated carbocycles. The fraction of sp³-hybridized carbons (Fsp3) is 0.778. The normalized spacial score (nSPS) is 45.3. The Bertz CT molecular complexity index is 1020. The lowest BCUT2D eigenvalue weighted by atomic mass is 9.45.